The van der Waals surface area contributed by atoms with E-state index >= 15 is 0 Å². The average Bonchev–Trinajstić information content (AvgIpc) is 2.41. The standard InChI is InChI=1S/C14H19ClFNO2/c1-3-11(4-2)17(7-8-18)14(19)12-9-10(15)5-6-13(12)16/h5-6,9,11,18H,3-4,7-8H2,1-2H3. The number of aliphatic hydroxyl groups excluding tert-OH is 1. The van der Waals surface area contributed by atoms with Crippen LogP contribution in [0.4, 0.5) is 4.39 Å². The molecule has 0 aliphatic rings. The average molecular weight is 288 g/mol. The largest absolute Gasteiger partial charge is 0.395 e. The molecule has 0 aromatic heterocycles. The van der Waals surface area contributed by atoms with E-state index in [4.69, 9.17) is 16.7 Å². The van der Waals surface area contributed by atoms with E-state index in [1.54, 1.807) is 0 Å². The Kier molecular flexibility index (Phi) is 6.25. The van der Waals surface area contributed by atoms with Gasteiger partial charge >= 0.3 is 0 Å². The molecule has 0 aliphatic heterocycles. The van der Waals surface area contributed by atoms with Crippen molar-refractivity contribution in [2.45, 2.75) is 32.7 Å². The summed E-state index contributed by atoms with van der Waals surface area (Å²) >= 11 is 5.80. The molecule has 0 heterocycles. The maximum atomic E-state index is 13.7. The fourth-order valence-electron chi connectivity index (χ4n) is 2.10. The number of carbonyl (C=O) groups excluding carboxylic acids is 1. The van der Waals surface area contributed by atoms with Crippen LogP contribution in [0.15, 0.2) is 18.2 Å². The second-order valence-electron chi connectivity index (χ2n) is 4.32. The summed E-state index contributed by atoms with van der Waals surface area (Å²) in [5.41, 5.74) is -0.0483. The van der Waals surface area contributed by atoms with Gasteiger partial charge in [0.15, 0.2) is 0 Å². The van der Waals surface area contributed by atoms with Gasteiger partial charge in [-0.3, -0.25) is 4.79 Å². The summed E-state index contributed by atoms with van der Waals surface area (Å²) < 4.78 is 13.7. The molecule has 0 saturated heterocycles. The third-order valence-corrected chi connectivity index (χ3v) is 3.38. The van der Waals surface area contributed by atoms with Gasteiger partial charge in [-0.1, -0.05) is 25.4 Å². The highest BCUT2D eigenvalue weighted by molar-refractivity contribution is 6.31. The molecule has 0 spiro atoms. The molecule has 1 N–H and O–H groups in total. The van der Waals surface area contributed by atoms with Crippen molar-refractivity contribution in [2.75, 3.05) is 13.2 Å². The molecule has 19 heavy (non-hydrogen) atoms. The number of hydrogen-bond acceptors (Lipinski definition) is 2. The van der Waals surface area contributed by atoms with Crippen molar-refractivity contribution in [1.29, 1.82) is 0 Å². The lowest BCUT2D eigenvalue weighted by Gasteiger charge is -2.30. The van der Waals surface area contributed by atoms with Gasteiger partial charge < -0.3 is 10.0 Å². The van der Waals surface area contributed by atoms with Crippen molar-refractivity contribution in [1.82, 2.24) is 4.90 Å². The molecule has 0 saturated carbocycles. The van der Waals surface area contributed by atoms with Gasteiger partial charge in [0.2, 0.25) is 0 Å². The minimum absolute atomic E-state index is 0.0157. The summed E-state index contributed by atoms with van der Waals surface area (Å²) in [5, 5.41) is 9.40. The molecule has 0 atom stereocenters. The fraction of sp³-hybridized carbons (Fsp3) is 0.500. The van der Waals surface area contributed by atoms with Crippen LogP contribution in [0, 0.1) is 5.82 Å². The Bertz CT molecular complexity index is 435. The number of rotatable bonds is 6. The summed E-state index contributed by atoms with van der Waals surface area (Å²) in [4.78, 5) is 13.9. The van der Waals surface area contributed by atoms with Gasteiger partial charge in [0.1, 0.15) is 5.82 Å². The molecule has 3 nitrogen and oxygen atoms in total. The summed E-state index contributed by atoms with van der Waals surface area (Å²) in [7, 11) is 0. The summed E-state index contributed by atoms with van der Waals surface area (Å²) in [6.07, 6.45) is 1.51. The third-order valence-electron chi connectivity index (χ3n) is 3.14. The normalized spacial score (nSPS) is 10.8. The Balaban J connectivity index is 3.08. The van der Waals surface area contributed by atoms with Crippen molar-refractivity contribution in [2.24, 2.45) is 0 Å². The highest BCUT2D eigenvalue weighted by Gasteiger charge is 2.24. The van der Waals surface area contributed by atoms with Crippen LogP contribution in [0.25, 0.3) is 0 Å². The topological polar surface area (TPSA) is 40.5 Å². The van der Waals surface area contributed by atoms with E-state index in [9.17, 15) is 9.18 Å². The van der Waals surface area contributed by atoms with Gasteiger partial charge in [0.25, 0.3) is 5.91 Å². The zero-order valence-electron chi connectivity index (χ0n) is 11.2. The molecule has 0 fully saturated rings. The molecule has 1 aromatic carbocycles. The summed E-state index contributed by atoms with van der Waals surface area (Å²) in [6.45, 7) is 3.96. The van der Waals surface area contributed by atoms with Gasteiger partial charge in [-0.15, -0.1) is 0 Å². The van der Waals surface area contributed by atoms with E-state index in [2.05, 4.69) is 0 Å². The number of benzene rings is 1. The van der Waals surface area contributed by atoms with Gasteiger partial charge in [0, 0.05) is 17.6 Å². The number of carbonyl (C=O) groups is 1. The molecule has 5 heteroatoms. The Morgan fingerprint density at radius 3 is 2.58 bits per heavy atom. The number of aliphatic hydroxyl groups is 1. The Morgan fingerprint density at radius 2 is 2.05 bits per heavy atom. The van der Waals surface area contributed by atoms with Crippen molar-refractivity contribution in [3.05, 3.63) is 34.6 Å². The minimum atomic E-state index is -0.594. The smallest absolute Gasteiger partial charge is 0.257 e. The van der Waals surface area contributed by atoms with Crippen LogP contribution in [0.2, 0.25) is 5.02 Å². The Morgan fingerprint density at radius 1 is 1.42 bits per heavy atom. The third kappa shape index (κ3) is 3.91. The second kappa shape index (κ2) is 7.46. The predicted molar refractivity (Wildman–Crippen MR) is 73.9 cm³/mol. The lowest BCUT2D eigenvalue weighted by molar-refractivity contribution is 0.0617. The molecule has 0 unspecified atom stereocenters. The molecule has 1 rings (SSSR count). The number of nitrogens with zero attached hydrogens (tertiary/aromatic N) is 1. The molecular formula is C14H19ClFNO2. The van der Waals surface area contributed by atoms with Gasteiger partial charge in [-0.2, -0.15) is 0 Å². The van der Waals surface area contributed by atoms with Crippen LogP contribution in [0.1, 0.15) is 37.0 Å². The van der Waals surface area contributed by atoms with E-state index < -0.39 is 11.7 Å². The van der Waals surface area contributed by atoms with E-state index in [1.807, 2.05) is 13.8 Å². The predicted octanol–water partition coefficient (Wildman–Crippen LogP) is 3.10. The van der Waals surface area contributed by atoms with Crippen LogP contribution >= 0.6 is 11.6 Å². The van der Waals surface area contributed by atoms with Gasteiger partial charge in [-0.05, 0) is 31.0 Å². The molecule has 0 bridgehead atoms. The number of hydrogen-bond donors (Lipinski definition) is 1. The van der Waals surface area contributed by atoms with Crippen LogP contribution < -0.4 is 0 Å². The molecular weight excluding hydrogens is 269 g/mol. The first kappa shape index (κ1) is 15.9. The molecule has 0 radical (unpaired) electrons. The van der Waals surface area contributed by atoms with Crippen molar-refractivity contribution in [3.63, 3.8) is 0 Å². The monoisotopic (exact) mass is 287 g/mol. The Labute approximate surface area is 118 Å². The van der Waals surface area contributed by atoms with E-state index in [-0.39, 0.29) is 24.8 Å². The lowest BCUT2D eigenvalue weighted by Crippen LogP contribution is -2.42. The summed E-state index contributed by atoms with van der Waals surface area (Å²) in [5.74, 6) is -1.02. The van der Waals surface area contributed by atoms with E-state index in [1.165, 1.54) is 23.1 Å². The lowest BCUT2D eigenvalue weighted by atomic mass is 10.1. The molecule has 0 aliphatic carbocycles. The SMILES string of the molecule is CCC(CC)N(CCO)C(=O)c1cc(Cl)ccc1F. The maximum Gasteiger partial charge on any atom is 0.257 e. The van der Waals surface area contributed by atoms with E-state index in [0.29, 0.717) is 5.02 Å². The van der Waals surface area contributed by atoms with Crippen molar-refractivity contribution < 1.29 is 14.3 Å². The highest BCUT2D eigenvalue weighted by Crippen LogP contribution is 2.19. The first-order valence-electron chi connectivity index (χ1n) is 6.42. The fourth-order valence-corrected chi connectivity index (χ4v) is 2.28. The van der Waals surface area contributed by atoms with Crippen LogP contribution in [-0.4, -0.2) is 35.1 Å². The first-order chi connectivity index (χ1) is 9.04. The number of amides is 1. The zero-order valence-corrected chi connectivity index (χ0v) is 12.0. The highest BCUT2D eigenvalue weighted by atomic mass is 35.5. The molecule has 1 amide bonds. The maximum absolute atomic E-state index is 13.7. The minimum Gasteiger partial charge on any atom is -0.395 e. The number of halogens is 2. The van der Waals surface area contributed by atoms with Crippen LogP contribution in [0.3, 0.4) is 0 Å². The second-order valence-corrected chi connectivity index (χ2v) is 4.75. The molecule has 106 valence electrons. The van der Waals surface area contributed by atoms with Crippen molar-refractivity contribution >= 4 is 17.5 Å². The van der Waals surface area contributed by atoms with Gasteiger partial charge in [0.05, 0.1) is 12.2 Å². The quantitative estimate of drug-likeness (QED) is 0.873. The van der Waals surface area contributed by atoms with Crippen molar-refractivity contribution in [3.8, 4) is 0 Å². The van der Waals surface area contributed by atoms with Crippen LogP contribution in [-0.2, 0) is 0 Å². The molecule has 1 aromatic rings. The summed E-state index contributed by atoms with van der Waals surface area (Å²) in [6, 6.07) is 3.89. The Hall–Kier alpha value is -1.13. The first-order valence-corrected chi connectivity index (χ1v) is 6.79. The van der Waals surface area contributed by atoms with Gasteiger partial charge in [-0.25, -0.2) is 4.39 Å². The van der Waals surface area contributed by atoms with Crippen LogP contribution in [0.5, 0.6) is 0 Å². The zero-order chi connectivity index (χ0) is 14.4. The van der Waals surface area contributed by atoms with E-state index in [0.717, 1.165) is 12.8 Å².